The van der Waals surface area contributed by atoms with E-state index >= 15 is 0 Å². The second kappa shape index (κ2) is 6.50. The summed E-state index contributed by atoms with van der Waals surface area (Å²) in [6.07, 6.45) is 4.48. The lowest BCUT2D eigenvalue weighted by Gasteiger charge is -2.10. The van der Waals surface area contributed by atoms with Gasteiger partial charge >= 0.3 is 6.01 Å². The predicted molar refractivity (Wildman–Crippen MR) is 91.4 cm³/mol. The molecule has 9 nitrogen and oxygen atoms in total. The van der Waals surface area contributed by atoms with E-state index < -0.39 is 5.91 Å². The van der Waals surface area contributed by atoms with Crippen LogP contribution in [0.3, 0.4) is 0 Å². The van der Waals surface area contributed by atoms with Crippen LogP contribution >= 0.6 is 0 Å². The Labute approximate surface area is 143 Å². The number of fused-ring (bicyclic) bond motifs is 1. The second-order valence-electron chi connectivity index (χ2n) is 6.35. The number of amides is 1. The number of hydrogen-bond acceptors (Lipinski definition) is 6. The molecule has 0 radical (unpaired) electrons. The molecule has 9 heteroatoms. The highest BCUT2D eigenvalue weighted by atomic mass is 16.4. The van der Waals surface area contributed by atoms with Gasteiger partial charge in [0.2, 0.25) is 5.91 Å². The van der Waals surface area contributed by atoms with Crippen molar-refractivity contribution >= 4 is 22.8 Å². The third-order valence-electron chi connectivity index (χ3n) is 3.72. The zero-order valence-corrected chi connectivity index (χ0v) is 14.6. The molecule has 0 saturated carbocycles. The summed E-state index contributed by atoms with van der Waals surface area (Å²) in [5, 5.41) is 11.8. The van der Waals surface area contributed by atoms with Crippen LogP contribution in [0.25, 0.3) is 10.9 Å². The Morgan fingerprint density at radius 3 is 2.64 bits per heavy atom. The normalized spacial score (nSPS) is 11.6. The predicted octanol–water partition coefficient (Wildman–Crippen LogP) is 1.92. The van der Waals surface area contributed by atoms with Gasteiger partial charge in [0.1, 0.15) is 18.3 Å². The van der Waals surface area contributed by atoms with E-state index in [1.165, 1.54) is 12.5 Å². The molecule has 3 aromatic rings. The maximum Gasteiger partial charge on any atom is 0.301 e. The summed E-state index contributed by atoms with van der Waals surface area (Å²) in [7, 11) is 0. The highest BCUT2D eigenvalue weighted by Crippen LogP contribution is 2.20. The molecular formula is C16H20N6O3. The van der Waals surface area contributed by atoms with Gasteiger partial charge in [0.15, 0.2) is 0 Å². The molecule has 3 heterocycles. The lowest BCUT2D eigenvalue weighted by atomic mass is 10.1. The van der Waals surface area contributed by atoms with Crippen molar-refractivity contribution in [2.75, 3.05) is 5.32 Å². The van der Waals surface area contributed by atoms with Crippen LogP contribution in [0.1, 0.15) is 45.3 Å². The largest absolute Gasteiger partial charge is 0.432 e. The van der Waals surface area contributed by atoms with Crippen LogP contribution in [0.5, 0.6) is 0 Å². The molecule has 0 aliphatic heterocycles. The van der Waals surface area contributed by atoms with Crippen molar-refractivity contribution in [3.05, 3.63) is 34.7 Å². The lowest BCUT2D eigenvalue weighted by molar-refractivity contribution is -0.117. The van der Waals surface area contributed by atoms with E-state index in [1.54, 1.807) is 10.9 Å². The van der Waals surface area contributed by atoms with Crippen LogP contribution in [-0.4, -0.2) is 30.5 Å². The van der Waals surface area contributed by atoms with Gasteiger partial charge in [0.05, 0.1) is 17.3 Å². The van der Waals surface area contributed by atoms with Crippen LogP contribution in [0.2, 0.25) is 0 Å². The van der Waals surface area contributed by atoms with Crippen LogP contribution in [0, 0.1) is 0 Å². The van der Waals surface area contributed by atoms with Crippen molar-refractivity contribution in [2.45, 2.75) is 46.2 Å². The van der Waals surface area contributed by atoms with Gasteiger partial charge in [-0.2, -0.15) is 10.2 Å². The molecule has 0 aliphatic carbocycles. The molecule has 132 valence electrons. The first kappa shape index (κ1) is 16.9. The maximum absolute atomic E-state index is 12.7. The summed E-state index contributed by atoms with van der Waals surface area (Å²) in [4.78, 5) is 28.7. The van der Waals surface area contributed by atoms with Crippen molar-refractivity contribution in [2.24, 2.45) is 0 Å². The molecule has 3 aromatic heterocycles. The minimum atomic E-state index is -0.442. The third-order valence-corrected chi connectivity index (χ3v) is 3.72. The average Bonchev–Trinajstić information content (AvgIpc) is 3.19. The number of anilines is 1. The Hall–Kier alpha value is -2.97. The molecule has 1 N–H and O–H groups in total. The molecule has 0 unspecified atom stereocenters. The molecule has 0 aliphatic rings. The molecule has 0 spiro atoms. The van der Waals surface area contributed by atoms with E-state index in [4.69, 9.17) is 4.42 Å². The van der Waals surface area contributed by atoms with Gasteiger partial charge in [0, 0.05) is 12.2 Å². The van der Waals surface area contributed by atoms with Gasteiger partial charge in [-0.15, -0.1) is 0 Å². The number of aromatic nitrogens is 5. The van der Waals surface area contributed by atoms with Gasteiger partial charge in [0.25, 0.3) is 5.56 Å². The number of hydrogen-bond donors (Lipinski definition) is 1. The van der Waals surface area contributed by atoms with Gasteiger partial charge in [-0.1, -0.05) is 13.8 Å². The number of nitrogens with one attached hydrogen (secondary N) is 1. The SMILES string of the molecule is CC(C)c1nn(CC(=O)Nc2ncco2)c(=O)c2cn(C(C)C)nc12. The molecule has 25 heavy (non-hydrogen) atoms. The second-order valence-corrected chi connectivity index (χ2v) is 6.35. The highest BCUT2D eigenvalue weighted by molar-refractivity contribution is 5.88. The summed E-state index contributed by atoms with van der Waals surface area (Å²) in [5.74, 6) is -0.387. The minimum absolute atomic E-state index is 0.0552. The number of rotatable bonds is 5. The number of nitrogens with zero attached hydrogens (tertiary/aromatic N) is 5. The third kappa shape index (κ3) is 3.30. The van der Waals surface area contributed by atoms with Crippen molar-refractivity contribution in [1.29, 1.82) is 0 Å². The smallest absolute Gasteiger partial charge is 0.301 e. The fraction of sp³-hybridized carbons (Fsp3) is 0.438. The number of oxazole rings is 1. The summed E-state index contributed by atoms with van der Waals surface area (Å²) in [6, 6.07) is 0.199. The molecule has 0 bridgehead atoms. The Kier molecular flexibility index (Phi) is 4.39. The van der Waals surface area contributed by atoms with Gasteiger partial charge in [-0.3, -0.25) is 19.6 Å². The Morgan fingerprint density at radius 2 is 2.04 bits per heavy atom. The van der Waals surface area contributed by atoms with Crippen molar-refractivity contribution in [3.8, 4) is 0 Å². The summed E-state index contributed by atoms with van der Waals surface area (Å²) in [6.45, 7) is 7.67. The zero-order valence-electron chi connectivity index (χ0n) is 14.6. The summed E-state index contributed by atoms with van der Waals surface area (Å²) >= 11 is 0. The standard InChI is InChI=1S/C16H20N6O3/c1-9(2)13-14-11(7-21(20-14)10(3)4)15(24)22(19-13)8-12(23)18-16-17-5-6-25-16/h5-7,9-10H,8H2,1-4H3,(H,17,18,23). The van der Waals surface area contributed by atoms with Gasteiger partial charge in [-0.25, -0.2) is 9.67 Å². The fourth-order valence-electron chi connectivity index (χ4n) is 2.44. The van der Waals surface area contributed by atoms with Crippen molar-refractivity contribution < 1.29 is 9.21 Å². The fourth-order valence-corrected chi connectivity index (χ4v) is 2.44. The topological polar surface area (TPSA) is 108 Å². The van der Waals surface area contributed by atoms with Crippen LogP contribution in [0.4, 0.5) is 6.01 Å². The van der Waals surface area contributed by atoms with Gasteiger partial charge in [-0.05, 0) is 19.8 Å². The van der Waals surface area contributed by atoms with Gasteiger partial charge < -0.3 is 4.42 Å². The van der Waals surface area contributed by atoms with Crippen molar-refractivity contribution in [1.82, 2.24) is 24.5 Å². The van der Waals surface area contributed by atoms with E-state index in [0.29, 0.717) is 16.6 Å². The molecule has 3 rings (SSSR count). The molecule has 0 aromatic carbocycles. The average molecular weight is 344 g/mol. The Morgan fingerprint density at radius 1 is 1.28 bits per heavy atom. The molecule has 0 saturated heterocycles. The van der Waals surface area contributed by atoms with E-state index in [1.807, 2.05) is 27.7 Å². The van der Waals surface area contributed by atoms with E-state index in [0.717, 1.165) is 4.68 Å². The van der Waals surface area contributed by atoms with Crippen molar-refractivity contribution in [3.63, 3.8) is 0 Å². The molecular weight excluding hydrogens is 324 g/mol. The van der Waals surface area contributed by atoms with Crippen LogP contribution in [0.15, 0.2) is 27.9 Å². The molecule has 1 amide bonds. The summed E-state index contributed by atoms with van der Waals surface area (Å²) < 4.78 is 7.86. The number of carbonyl (C=O) groups is 1. The van der Waals surface area contributed by atoms with E-state index in [9.17, 15) is 9.59 Å². The van der Waals surface area contributed by atoms with Crippen LogP contribution in [-0.2, 0) is 11.3 Å². The first-order valence-electron chi connectivity index (χ1n) is 8.06. The number of carbonyl (C=O) groups excluding carboxylic acids is 1. The quantitative estimate of drug-likeness (QED) is 0.757. The first-order valence-corrected chi connectivity index (χ1v) is 8.06. The first-order chi connectivity index (χ1) is 11.9. The lowest BCUT2D eigenvalue weighted by Crippen LogP contribution is -2.30. The van der Waals surface area contributed by atoms with E-state index in [-0.39, 0.29) is 30.1 Å². The molecule has 0 atom stereocenters. The summed E-state index contributed by atoms with van der Waals surface area (Å²) in [5.41, 5.74) is 0.907. The maximum atomic E-state index is 12.7. The minimum Gasteiger partial charge on any atom is -0.432 e. The highest BCUT2D eigenvalue weighted by Gasteiger charge is 2.19. The Bertz CT molecular complexity index is 952. The Balaban J connectivity index is 2.01. The monoisotopic (exact) mass is 344 g/mol. The molecule has 0 fully saturated rings. The van der Waals surface area contributed by atoms with Crippen LogP contribution < -0.4 is 10.9 Å². The zero-order chi connectivity index (χ0) is 18.1. The van der Waals surface area contributed by atoms with E-state index in [2.05, 4.69) is 20.5 Å².